The zero-order valence-electron chi connectivity index (χ0n) is 17.4. The van der Waals surface area contributed by atoms with E-state index in [1.54, 1.807) is 26.4 Å². The van der Waals surface area contributed by atoms with E-state index < -0.39 is 6.09 Å². The standard InChI is InChI=1S/C22H25ClN4O4/c1-30-19-11-20(31-2)17(23)10-16(19)18-12-27-8-7-15(9-21(27)26-18)24-13-3-5-14(6-4-13)25-22(28)29/h7-14,24-25H,3-6H2,1-2H3,(H,28,29). The van der Waals surface area contributed by atoms with Crippen molar-refractivity contribution in [3.05, 3.63) is 41.7 Å². The van der Waals surface area contributed by atoms with Gasteiger partial charge in [-0.25, -0.2) is 9.78 Å². The van der Waals surface area contributed by atoms with E-state index in [1.807, 2.05) is 28.9 Å². The molecule has 1 aromatic carbocycles. The fraction of sp³-hybridized carbons (Fsp3) is 0.364. The molecule has 0 spiro atoms. The Morgan fingerprint density at radius 3 is 2.52 bits per heavy atom. The van der Waals surface area contributed by atoms with Gasteiger partial charge < -0.3 is 29.6 Å². The molecular weight excluding hydrogens is 420 g/mol. The van der Waals surface area contributed by atoms with Gasteiger partial charge in [0, 0.05) is 47.9 Å². The maximum absolute atomic E-state index is 10.8. The average Bonchev–Trinajstić information content (AvgIpc) is 3.18. The summed E-state index contributed by atoms with van der Waals surface area (Å²) in [5.74, 6) is 1.18. The minimum absolute atomic E-state index is 0.0409. The van der Waals surface area contributed by atoms with Crippen molar-refractivity contribution in [1.82, 2.24) is 14.7 Å². The molecule has 1 fully saturated rings. The third-order valence-electron chi connectivity index (χ3n) is 5.64. The molecular formula is C22H25ClN4O4. The summed E-state index contributed by atoms with van der Waals surface area (Å²) in [5.41, 5.74) is 3.32. The van der Waals surface area contributed by atoms with Gasteiger partial charge in [-0.2, -0.15) is 0 Å². The van der Waals surface area contributed by atoms with Crippen LogP contribution in [0.25, 0.3) is 16.9 Å². The highest BCUT2D eigenvalue weighted by atomic mass is 35.5. The van der Waals surface area contributed by atoms with E-state index in [4.69, 9.17) is 31.2 Å². The Hall–Kier alpha value is -3.13. The van der Waals surface area contributed by atoms with Gasteiger partial charge in [0.25, 0.3) is 0 Å². The van der Waals surface area contributed by atoms with Crippen LogP contribution in [0.4, 0.5) is 10.5 Å². The van der Waals surface area contributed by atoms with E-state index in [0.29, 0.717) is 22.6 Å². The summed E-state index contributed by atoms with van der Waals surface area (Å²) in [7, 11) is 3.17. The highest BCUT2D eigenvalue weighted by Crippen LogP contribution is 2.38. The number of fused-ring (bicyclic) bond motifs is 1. The van der Waals surface area contributed by atoms with Crippen molar-refractivity contribution in [1.29, 1.82) is 0 Å². The largest absolute Gasteiger partial charge is 0.496 e. The number of amides is 1. The Balaban J connectivity index is 1.52. The summed E-state index contributed by atoms with van der Waals surface area (Å²) in [6.07, 6.45) is 6.43. The molecule has 0 bridgehead atoms. The van der Waals surface area contributed by atoms with Crippen molar-refractivity contribution in [3.8, 4) is 22.8 Å². The van der Waals surface area contributed by atoms with Gasteiger partial charge >= 0.3 is 6.09 Å². The third-order valence-corrected chi connectivity index (χ3v) is 5.93. The van der Waals surface area contributed by atoms with Crippen molar-refractivity contribution >= 4 is 29.0 Å². The van der Waals surface area contributed by atoms with Gasteiger partial charge in [-0.1, -0.05) is 11.6 Å². The first-order valence-corrected chi connectivity index (χ1v) is 10.5. The normalized spacial score (nSPS) is 18.5. The molecule has 0 atom stereocenters. The molecule has 2 aromatic heterocycles. The number of nitrogens with one attached hydrogen (secondary N) is 2. The Bertz CT molecular complexity index is 1090. The first-order chi connectivity index (χ1) is 15.0. The van der Waals surface area contributed by atoms with E-state index in [1.165, 1.54) is 0 Å². The predicted octanol–water partition coefficient (Wildman–Crippen LogP) is 4.66. The molecule has 8 nitrogen and oxygen atoms in total. The number of hydrogen-bond acceptors (Lipinski definition) is 5. The lowest BCUT2D eigenvalue weighted by Gasteiger charge is -2.29. The number of carbonyl (C=O) groups is 1. The smallest absolute Gasteiger partial charge is 0.404 e. The van der Waals surface area contributed by atoms with Crippen LogP contribution in [0.5, 0.6) is 11.5 Å². The number of benzene rings is 1. The minimum Gasteiger partial charge on any atom is -0.496 e. The first kappa shape index (κ1) is 21.1. The van der Waals surface area contributed by atoms with Crippen LogP contribution in [0.3, 0.4) is 0 Å². The maximum atomic E-state index is 10.8. The van der Waals surface area contributed by atoms with E-state index in [9.17, 15) is 4.79 Å². The van der Waals surface area contributed by atoms with Gasteiger partial charge in [0.2, 0.25) is 0 Å². The van der Waals surface area contributed by atoms with Crippen LogP contribution in [0.15, 0.2) is 36.7 Å². The number of imidazole rings is 1. The lowest BCUT2D eigenvalue weighted by atomic mass is 9.91. The van der Waals surface area contributed by atoms with Gasteiger partial charge in [0.15, 0.2) is 0 Å². The molecule has 1 saturated carbocycles. The van der Waals surface area contributed by atoms with E-state index >= 15 is 0 Å². The number of nitrogens with zero attached hydrogens (tertiary/aromatic N) is 2. The van der Waals surface area contributed by atoms with Crippen LogP contribution in [0.2, 0.25) is 5.02 Å². The van der Waals surface area contributed by atoms with Crippen LogP contribution in [-0.4, -0.2) is 46.9 Å². The van der Waals surface area contributed by atoms with Gasteiger partial charge in [0.1, 0.15) is 17.1 Å². The van der Waals surface area contributed by atoms with E-state index in [2.05, 4.69) is 10.6 Å². The minimum atomic E-state index is -0.952. The summed E-state index contributed by atoms with van der Waals surface area (Å²) < 4.78 is 12.7. The fourth-order valence-corrected chi connectivity index (χ4v) is 4.29. The second kappa shape index (κ2) is 8.93. The number of carboxylic acid groups (broad SMARTS) is 1. The quantitative estimate of drug-likeness (QED) is 0.511. The lowest BCUT2D eigenvalue weighted by Crippen LogP contribution is -2.39. The molecule has 1 aliphatic carbocycles. The highest BCUT2D eigenvalue weighted by molar-refractivity contribution is 6.32. The van der Waals surface area contributed by atoms with Crippen LogP contribution in [0.1, 0.15) is 25.7 Å². The number of methoxy groups -OCH3 is 2. The Labute approximate surface area is 185 Å². The summed E-state index contributed by atoms with van der Waals surface area (Å²) in [4.78, 5) is 15.6. The van der Waals surface area contributed by atoms with Gasteiger partial charge in [-0.15, -0.1) is 0 Å². The number of anilines is 1. The summed E-state index contributed by atoms with van der Waals surface area (Å²) in [5, 5.41) is 15.5. The molecule has 4 rings (SSSR count). The molecule has 0 saturated heterocycles. The van der Waals surface area contributed by atoms with E-state index in [-0.39, 0.29) is 6.04 Å². The molecule has 1 aliphatic rings. The van der Waals surface area contributed by atoms with Gasteiger partial charge in [-0.05, 0) is 37.8 Å². The van der Waals surface area contributed by atoms with Crippen molar-refractivity contribution < 1.29 is 19.4 Å². The van der Waals surface area contributed by atoms with Crippen molar-refractivity contribution in [2.75, 3.05) is 19.5 Å². The number of halogens is 1. The molecule has 0 unspecified atom stereocenters. The number of aromatic nitrogens is 2. The van der Waals surface area contributed by atoms with Crippen molar-refractivity contribution in [2.24, 2.45) is 0 Å². The maximum Gasteiger partial charge on any atom is 0.404 e. The lowest BCUT2D eigenvalue weighted by molar-refractivity contribution is 0.185. The molecule has 3 N–H and O–H groups in total. The van der Waals surface area contributed by atoms with Gasteiger partial charge in [0.05, 0.1) is 24.9 Å². The molecule has 9 heteroatoms. The second-order valence-corrected chi connectivity index (χ2v) is 8.04. The van der Waals surface area contributed by atoms with Crippen LogP contribution in [0, 0.1) is 0 Å². The predicted molar refractivity (Wildman–Crippen MR) is 120 cm³/mol. The third kappa shape index (κ3) is 4.64. The molecule has 1 amide bonds. The second-order valence-electron chi connectivity index (χ2n) is 7.64. The van der Waals surface area contributed by atoms with Crippen LogP contribution >= 0.6 is 11.6 Å². The average molecular weight is 445 g/mol. The first-order valence-electron chi connectivity index (χ1n) is 10.1. The summed E-state index contributed by atoms with van der Waals surface area (Å²) in [6.45, 7) is 0. The molecule has 3 aromatic rings. The van der Waals surface area contributed by atoms with Crippen molar-refractivity contribution in [3.63, 3.8) is 0 Å². The van der Waals surface area contributed by atoms with E-state index in [0.717, 1.165) is 48.3 Å². The van der Waals surface area contributed by atoms with Crippen LogP contribution < -0.4 is 20.1 Å². The Kier molecular flexibility index (Phi) is 6.08. The molecule has 0 radical (unpaired) electrons. The fourth-order valence-electron chi connectivity index (χ4n) is 4.05. The summed E-state index contributed by atoms with van der Waals surface area (Å²) >= 11 is 6.32. The van der Waals surface area contributed by atoms with Crippen LogP contribution in [-0.2, 0) is 0 Å². The Morgan fingerprint density at radius 2 is 1.84 bits per heavy atom. The Morgan fingerprint density at radius 1 is 1.13 bits per heavy atom. The summed E-state index contributed by atoms with van der Waals surface area (Å²) in [6, 6.07) is 7.91. The molecule has 2 heterocycles. The topological polar surface area (TPSA) is 97.1 Å². The molecule has 164 valence electrons. The number of rotatable bonds is 6. The monoisotopic (exact) mass is 444 g/mol. The molecule has 31 heavy (non-hydrogen) atoms. The molecule has 0 aliphatic heterocycles. The number of ether oxygens (including phenoxy) is 2. The zero-order valence-corrected chi connectivity index (χ0v) is 18.1. The van der Waals surface area contributed by atoms with Gasteiger partial charge in [-0.3, -0.25) is 0 Å². The highest BCUT2D eigenvalue weighted by Gasteiger charge is 2.22. The SMILES string of the molecule is COc1cc(OC)c(-c2cn3ccc(NC4CCC(NC(=O)O)CC4)cc3n2)cc1Cl. The number of pyridine rings is 1. The zero-order chi connectivity index (χ0) is 22.0. The van der Waals surface area contributed by atoms with Crippen molar-refractivity contribution in [2.45, 2.75) is 37.8 Å². The number of hydrogen-bond donors (Lipinski definition) is 3.